The molecule has 0 saturated carbocycles. The van der Waals surface area contributed by atoms with Crippen LogP contribution >= 0.6 is 0 Å². The van der Waals surface area contributed by atoms with E-state index >= 15 is 0 Å². The van der Waals surface area contributed by atoms with E-state index in [1.165, 1.54) is 4.90 Å². The van der Waals surface area contributed by atoms with Crippen molar-refractivity contribution in [1.29, 1.82) is 0 Å². The van der Waals surface area contributed by atoms with Crippen molar-refractivity contribution in [2.75, 3.05) is 35.8 Å². The van der Waals surface area contributed by atoms with Crippen LogP contribution in [0.5, 0.6) is 0 Å². The van der Waals surface area contributed by atoms with Crippen LogP contribution in [-0.4, -0.2) is 55.1 Å². The first kappa shape index (κ1) is 28.8. The Morgan fingerprint density at radius 1 is 0.952 bits per heavy atom. The van der Waals surface area contributed by atoms with Gasteiger partial charge in [0, 0.05) is 32.0 Å². The summed E-state index contributed by atoms with van der Waals surface area (Å²) in [5.41, 5.74) is 4.25. The van der Waals surface area contributed by atoms with Crippen LogP contribution in [0.15, 0.2) is 84.9 Å². The highest BCUT2D eigenvalue weighted by atomic mass is 16.2. The summed E-state index contributed by atoms with van der Waals surface area (Å²) in [5, 5.41) is 3.06. The average molecular weight is 565 g/mol. The molecule has 3 aromatic carbocycles. The Kier molecular flexibility index (Phi) is 8.52. The van der Waals surface area contributed by atoms with Gasteiger partial charge >= 0.3 is 0 Å². The number of hydrogen-bond acceptors (Lipinski definition) is 5. The molecule has 0 fully saturated rings. The zero-order valence-electron chi connectivity index (χ0n) is 24.2. The molecule has 0 bridgehead atoms. The fraction of sp³-hybridized carbons (Fsp3) is 0.294. The highest BCUT2D eigenvalue weighted by Crippen LogP contribution is 2.31. The fourth-order valence-electron chi connectivity index (χ4n) is 5.72. The fourth-order valence-corrected chi connectivity index (χ4v) is 5.72. The number of nitrogens with zero attached hydrogens (tertiary/aromatic N) is 3. The van der Waals surface area contributed by atoms with E-state index in [0.29, 0.717) is 17.8 Å². The second kappa shape index (κ2) is 12.4. The van der Waals surface area contributed by atoms with Crippen molar-refractivity contribution >= 4 is 40.6 Å². The molecule has 42 heavy (non-hydrogen) atoms. The Hall–Kier alpha value is -4.72. The molecule has 0 saturated heterocycles. The van der Waals surface area contributed by atoms with E-state index in [1.54, 1.807) is 29.2 Å². The molecule has 0 aromatic heterocycles. The third kappa shape index (κ3) is 5.98. The number of carbonyl (C=O) groups is 4. The van der Waals surface area contributed by atoms with Gasteiger partial charge in [0.25, 0.3) is 11.7 Å². The van der Waals surface area contributed by atoms with Crippen LogP contribution < -0.4 is 15.1 Å². The van der Waals surface area contributed by atoms with Crippen LogP contribution in [0.1, 0.15) is 40.7 Å². The molecular formula is C34H36N4O4. The molecule has 2 aliphatic rings. The average Bonchev–Trinajstić information content (AvgIpc) is 3.23. The van der Waals surface area contributed by atoms with Crippen LogP contribution in [0.2, 0.25) is 0 Å². The van der Waals surface area contributed by atoms with E-state index in [-0.39, 0.29) is 30.5 Å². The Morgan fingerprint density at radius 3 is 2.36 bits per heavy atom. The maximum atomic E-state index is 14.3. The van der Waals surface area contributed by atoms with Crippen LogP contribution in [-0.2, 0) is 20.9 Å². The van der Waals surface area contributed by atoms with Gasteiger partial charge in [-0.25, -0.2) is 0 Å². The van der Waals surface area contributed by atoms with Gasteiger partial charge in [-0.15, -0.1) is 0 Å². The number of ketones is 1. The lowest BCUT2D eigenvalue weighted by molar-refractivity contribution is -0.140. The lowest BCUT2D eigenvalue weighted by Gasteiger charge is -2.38. The predicted octanol–water partition coefficient (Wildman–Crippen LogP) is 4.98. The molecule has 216 valence electrons. The normalized spacial score (nSPS) is 16.6. The number of nitrogens with one attached hydrogen (secondary N) is 1. The molecule has 1 heterocycles. The minimum atomic E-state index is -0.792. The Bertz CT molecular complexity index is 1530. The lowest BCUT2D eigenvalue weighted by atomic mass is 9.85. The maximum Gasteiger partial charge on any atom is 0.299 e. The van der Waals surface area contributed by atoms with Crippen molar-refractivity contribution in [2.45, 2.75) is 38.8 Å². The number of allylic oxidation sites excluding steroid dienone is 2. The Morgan fingerprint density at radius 2 is 1.67 bits per heavy atom. The standard InChI is InChI=1S/C34H36N4O4/c1-23-11-7-8-14-25(23)21-38(30(39)22-37-29-16-10-9-15-28(29)32(40)34(37)42)31(24-12-5-4-6-13-24)33(41)35-26-17-19-27(20-18-26)36(2)3/h4-5,7-11,14-20,24,31H,6,12-13,21-22H2,1-3H3,(H,35,41)/t24-,31+/m1/s1. The molecule has 1 N–H and O–H groups in total. The second-order valence-corrected chi connectivity index (χ2v) is 11.1. The van der Waals surface area contributed by atoms with Gasteiger partial charge in [0.15, 0.2) is 0 Å². The van der Waals surface area contributed by atoms with E-state index < -0.39 is 23.6 Å². The van der Waals surface area contributed by atoms with Gasteiger partial charge in [-0.1, -0.05) is 48.6 Å². The number of aryl methyl sites for hydroxylation is 1. The van der Waals surface area contributed by atoms with Crippen molar-refractivity contribution < 1.29 is 19.2 Å². The van der Waals surface area contributed by atoms with Gasteiger partial charge in [-0.3, -0.25) is 24.1 Å². The minimum Gasteiger partial charge on any atom is -0.378 e. The molecule has 1 aliphatic carbocycles. The molecule has 0 spiro atoms. The van der Waals surface area contributed by atoms with Gasteiger partial charge in [0.2, 0.25) is 11.8 Å². The zero-order chi connectivity index (χ0) is 29.8. The Labute approximate surface area is 246 Å². The van der Waals surface area contributed by atoms with Crippen molar-refractivity contribution in [1.82, 2.24) is 4.90 Å². The summed E-state index contributed by atoms with van der Waals surface area (Å²) in [5.74, 6) is -2.15. The highest BCUT2D eigenvalue weighted by molar-refractivity contribution is 6.52. The summed E-state index contributed by atoms with van der Waals surface area (Å²) >= 11 is 0. The molecule has 0 unspecified atom stereocenters. The van der Waals surface area contributed by atoms with E-state index in [9.17, 15) is 19.2 Å². The quantitative estimate of drug-likeness (QED) is 0.292. The third-order valence-electron chi connectivity index (χ3n) is 8.11. The van der Waals surface area contributed by atoms with Crippen molar-refractivity contribution in [2.24, 2.45) is 5.92 Å². The number of carbonyl (C=O) groups excluding carboxylic acids is 4. The van der Waals surface area contributed by atoms with Crippen LogP contribution in [0.4, 0.5) is 17.1 Å². The third-order valence-corrected chi connectivity index (χ3v) is 8.11. The number of amides is 3. The largest absolute Gasteiger partial charge is 0.378 e. The smallest absolute Gasteiger partial charge is 0.299 e. The van der Waals surface area contributed by atoms with Crippen molar-refractivity contribution in [3.63, 3.8) is 0 Å². The number of para-hydroxylation sites is 1. The lowest BCUT2D eigenvalue weighted by Crippen LogP contribution is -2.54. The number of hydrogen-bond donors (Lipinski definition) is 1. The monoisotopic (exact) mass is 564 g/mol. The number of Topliss-reactive ketones (excluding diaryl/α,β-unsaturated/α-hetero) is 1. The molecule has 2 atom stereocenters. The summed E-state index contributed by atoms with van der Waals surface area (Å²) in [6, 6.07) is 21.2. The van der Waals surface area contributed by atoms with Crippen molar-refractivity contribution in [3.05, 3.63) is 102 Å². The highest BCUT2D eigenvalue weighted by Gasteiger charge is 2.41. The van der Waals surface area contributed by atoms with Gasteiger partial charge < -0.3 is 15.1 Å². The number of rotatable bonds is 9. The number of fused-ring (bicyclic) bond motifs is 1. The first-order valence-electron chi connectivity index (χ1n) is 14.3. The van der Waals surface area contributed by atoms with Crippen molar-refractivity contribution in [3.8, 4) is 0 Å². The molecule has 0 radical (unpaired) electrons. The maximum absolute atomic E-state index is 14.3. The summed E-state index contributed by atoms with van der Waals surface area (Å²) in [4.78, 5) is 58.8. The molecule has 8 heteroatoms. The molecule has 1 aliphatic heterocycles. The van der Waals surface area contributed by atoms with Gasteiger partial charge in [0.1, 0.15) is 12.6 Å². The van der Waals surface area contributed by atoms with Gasteiger partial charge in [0.05, 0.1) is 11.3 Å². The van der Waals surface area contributed by atoms with Crippen LogP contribution in [0.25, 0.3) is 0 Å². The van der Waals surface area contributed by atoms with E-state index in [0.717, 1.165) is 29.7 Å². The van der Waals surface area contributed by atoms with Crippen LogP contribution in [0.3, 0.4) is 0 Å². The van der Waals surface area contributed by atoms with E-state index in [2.05, 4.69) is 17.5 Å². The summed E-state index contributed by atoms with van der Waals surface area (Å²) < 4.78 is 0. The van der Waals surface area contributed by atoms with Gasteiger partial charge in [-0.05, 0) is 79.6 Å². The molecule has 3 aromatic rings. The molecule has 3 amide bonds. The zero-order valence-corrected chi connectivity index (χ0v) is 24.2. The number of benzene rings is 3. The predicted molar refractivity (Wildman–Crippen MR) is 165 cm³/mol. The van der Waals surface area contributed by atoms with Gasteiger partial charge in [-0.2, -0.15) is 0 Å². The Balaban J connectivity index is 1.50. The summed E-state index contributed by atoms with van der Waals surface area (Å²) in [7, 11) is 3.90. The second-order valence-electron chi connectivity index (χ2n) is 11.1. The van der Waals surface area contributed by atoms with E-state index in [4.69, 9.17) is 0 Å². The summed E-state index contributed by atoms with van der Waals surface area (Å²) in [6.45, 7) is 1.83. The SMILES string of the molecule is Cc1ccccc1CN(C(=O)CN1C(=O)C(=O)c2ccccc21)[C@H](C(=O)Nc1ccc(N(C)C)cc1)[C@@H]1CC=CCC1. The van der Waals surface area contributed by atoms with Crippen LogP contribution in [0, 0.1) is 12.8 Å². The topological polar surface area (TPSA) is 90.0 Å². The minimum absolute atomic E-state index is 0.118. The molecular weight excluding hydrogens is 528 g/mol. The first-order valence-corrected chi connectivity index (χ1v) is 14.3. The summed E-state index contributed by atoms with van der Waals surface area (Å²) in [6.07, 6.45) is 6.37. The van der Waals surface area contributed by atoms with E-state index in [1.807, 2.05) is 74.4 Å². The molecule has 5 rings (SSSR count). The number of anilines is 3. The molecule has 8 nitrogen and oxygen atoms in total. The first-order chi connectivity index (χ1) is 20.2.